The highest BCUT2D eigenvalue weighted by Crippen LogP contribution is 2.50. The van der Waals surface area contributed by atoms with Crippen LogP contribution in [0.25, 0.3) is 0 Å². The van der Waals surface area contributed by atoms with Gasteiger partial charge in [0.25, 0.3) is 10.0 Å². The summed E-state index contributed by atoms with van der Waals surface area (Å²) in [5, 5.41) is 3.63. The van der Waals surface area contributed by atoms with Crippen LogP contribution in [0.3, 0.4) is 0 Å². The Morgan fingerprint density at radius 2 is 1.97 bits per heavy atom. The van der Waals surface area contributed by atoms with Gasteiger partial charge in [0.15, 0.2) is 0 Å². The number of sulfonamides is 1. The van der Waals surface area contributed by atoms with Crippen LogP contribution >= 0.6 is 0 Å². The number of benzene rings is 2. The molecular weight excluding hydrogens is 406 g/mol. The summed E-state index contributed by atoms with van der Waals surface area (Å²) in [5.41, 5.74) is 5.77. The first-order valence-corrected chi connectivity index (χ1v) is 12.0. The lowest BCUT2D eigenvalue weighted by molar-refractivity contribution is 0.424. The Labute approximate surface area is 183 Å². The van der Waals surface area contributed by atoms with Gasteiger partial charge in [-0.05, 0) is 73.2 Å². The van der Waals surface area contributed by atoms with E-state index in [1.165, 1.54) is 0 Å². The molecule has 0 spiro atoms. The molecule has 0 radical (unpaired) electrons. The van der Waals surface area contributed by atoms with Crippen LogP contribution in [-0.4, -0.2) is 13.4 Å². The molecule has 3 atom stereocenters. The Kier molecular flexibility index (Phi) is 4.82. The van der Waals surface area contributed by atoms with Gasteiger partial charge in [0, 0.05) is 24.0 Å². The molecule has 2 aliphatic rings. The lowest BCUT2D eigenvalue weighted by atomic mass is 9.77. The zero-order valence-corrected chi connectivity index (χ0v) is 18.4. The van der Waals surface area contributed by atoms with Crippen LogP contribution in [0.1, 0.15) is 40.6 Å². The number of anilines is 2. The maximum atomic E-state index is 13.1. The fourth-order valence-corrected chi connectivity index (χ4v) is 5.93. The van der Waals surface area contributed by atoms with Gasteiger partial charge in [-0.25, -0.2) is 8.42 Å². The Bertz CT molecular complexity index is 1270. The number of pyridine rings is 1. The monoisotopic (exact) mass is 431 g/mol. The zero-order chi connectivity index (χ0) is 21.6. The van der Waals surface area contributed by atoms with Crippen molar-refractivity contribution in [1.82, 2.24) is 4.98 Å². The van der Waals surface area contributed by atoms with E-state index in [1.807, 2.05) is 56.4 Å². The smallest absolute Gasteiger partial charge is 0.261 e. The second-order valence-electron chi connectivity index (χ2n) is 8.43. The average molecular weight is 432 g/mol. The van der Waals surface area contributed by atoms with E-state index in [-0.39, 0.29) is 16.9 Å². The molecule has 0 saturated carbocycles. The quantitative estimate of drug-likeness (QED) is 0.548. The van der Waals surface area contributed by atoms with Crippen LogP contribution < -0.4 is 10.0 Å². The van der Waals surface area contributed by atoms with Crippen molar-refractivity contribution in [2.75, 3.05) is 10.0 Å². The van der Waals surface area contributed by atoms with Gasteiger partial charge in [-0.15, -0.1) is 0 Å². The summed E-state index contributed by atoms with van der Waals surface area (Å²) in [4.78, 5) is 4.56. The van der Waals surface area contributed by atoms with Crippen LogP contribution in [-0.2, 0) is 10.0 Å². The largest absolute Gasteiger partial charge is 0.378 e. The summed E-state index contributed by atoms with van der Waals surface area (Å²) in [6.07, 6.45) is 9.05. The Hall–Kier alpha value is -3.12. The van der Waals surface area contributed by atoms with Crippen molar-refractivity contribution < 1.29 is 8.42 Å². The first-order chi connectivity index (χ1) is 14.9. The molecule has 3 unspecified atom stereocenters. The van der Waals surface area contributed by atoms with E-state index in [0.29, 0.717) is 11.6 Å². The number of nitrogens with one attached hydrogen (secondary N) is 2. The molecule has 31 heavy (non-hydrogen) atoms. The zero-order valence-electron chi connectivity index (χ0n) is 17.5. The first-order valence-electron chi connectivity index (χ1n) is 10.5. The minimum atomic E-state index is -3.69. The number of hydrogen-bond donors (Lipinski definition) is 2. The third-order valence-corrected chi connectivity index (χ3v) is 7.68. The van der Waals surface area contributed by atoms with Gasteiger partial charge in [0.2, 0.25) is 0 Å². The molecule has 1 aliphatic heterocycles. The van der Waals surface area contributed by atoms with Gasteiger partial charge in [-0.3, -0.25) is 9.71 Å². The molecule has 5 rings (SSSR count). The number of allylic oxidation sites excluding steroid dienone is 2. The minimum Gasteiger partial charge on any atom is -0.378 e. The first kappa shape index (κ1) is 19.8. The van der Waals surface area contributed by atoms with Gasteiger partial charge in [-0.2, -0.15) is 0 Å². The van der Waals surface area contributed by atoms with Crippen LogP contribution in [0.5, 0.6) is 0 Å². The molecule has 0 bridgehead atoms. The number of hydrogen-bond acceptors (Lipinski definition) is 4. The molecule has 1 aliphatic carbocycles. The van der Waals surface area contributed by atoms with Gasteiger partial charge in [0.05, 0.1) is 16.6 Å². The fraction of sp³-hybridized carbons (Fsp3) is 0.240. The van der Waals surface area contributed by atoms with Crippen LogP contribution in [0.2, 0.25) is 0 Å². The van der Waals surface area contributed by atoms with Crippen LogP contribution in [0.15, 0.2) is 78.0 Å². The standard InChI is InChI=1S/C25H25N3O2S/c1-16-8-10-23(17(2)13-16)28-31(29,30)19-9-11-24-22(14-19)20-6-3-7-21(20)25(27-24)18-5-4-12-26-15-18/h3-6,8-15,20-21,25,27-28H,7H2,1-2H3. The van der Waals surface area contributed by atoms with E-state index in [4.69, 9.17) is 0 Å². The number of fused-ring (bicyclic) bond motifs is 3. The normalized spacial score (nSPS) is 21.8. The summed E-state index contributed by atoms with van der Waals surface area (Å²) in [6, 6.07) is 15.3. The van der Waals surface area contributed by atoms with Gasteiger partial charge >= 0.3 is 0 Å². The molecule has 0 fully saturated rings. The lowest BCUT2D eigenvalue weighted by Gasteiger charge is -2.37. The summed E-state index contributed by atoms with van der Waals surface area (Å²) >= 11 is 0. The van der Waals surface area contributed by atoms with Crippen LogP contribution in [0.4, 0.5) is 11.4 Å². The highest BCUT2D eigenvalue weighted by atomic mass is 32.2. The highest BCUT2D eigenvalue weighted by molar-refractivity contribution is 7.92. The number of nitrogens with zero attached hydrogens (tertiary/aromatic N) is 1. The van der Waals surface area contributed by atoms with Crippen molar-refractivity contribution >= 4 is 21.4 Å². The molecular formula is C25H25N3O2S. The summed E-state index contributed by atoms with van der Waals surface area (Å²) < 4.78 is 29.0. The van der Waals surface area contributed by atoms with E-state index in [9.17, 15) is 8.42 Å². The van der Waals surface area contributed by atoms with Crippen molar-refractivity contribution in [2.24, 2.45) is 5.92 Å². The highest BCUT2D eigenvalue weighted by Gasteiger charge is 2.38. The Balaban J connectivity index is 1.49. The maximum Gasteiger partial charge on any atom is 0.261 e. The summed E-state index contributed by atoms with van der Waals surface area (Å²) in [7, 11) is -3.69. The van der Waals surface area contributed by atoms with Crippen molar-refractivity contribution in [3.8, 4) is 0 Å². The van der Waals surface area contributed by atoms with Crippen molar-refractivity contribution in [3.63, 3.8) is 0 Å². The van der Waals surface area contributed by atoms with Crippen molar-refractivity contribution in [2.45, 2.75) is 37.1 Å². The fourth-order valence-electron chi connectivity index (χ4n) is 4.76. The van der Waals surface area contributed by atoms with Crippen LogP contribution in [0, 0.1) is 19.8 Å². The summed E-state index contributed by atoms with van der Waals surface area (Å²) in [5.74, 6) is 0.514. The molecule has 0 saturated heterocycles. The maximum absolute atomic E-state index is 13.1. The molecule has 0 amide bonds. The van der Waals surface area contributed by atoms with E-state index in [1.54, 1.807) is 12.3 Å². The second kappa shape index (κ2) is 7.54. The topological polar surface area (TPSA) is 71.1 Å². The number of aromatic nitrogens is 1. The SMILES string of the molecule is Cc1ccc(NS(=O)(=O)c2ccc3c(c2)C2C=CCC2C(c2cccnc2)N3)c(C)c1. The average Bonchev–Trinajstić information content (AvgIpc) is 3.26. The lowest BCUT2D eigenvalue weighted by Crippen LogP contribution is -2.29. The van der Waals surface area contributed by atoms with E-state index < -0.39 is 10.0 Å². The van der Waals surface area contributed by atoms with E-state index >= 15 is 0 Å². The van der Waals surface area contributed by atoms with E-state index in [2.05, 4.69) is 33.2 Å². The summed E-state index contributed by atoms with van der Waals surface area (Å²) in [6.45, 7) is 3.90. The second-order valence-corrected chi connectivity index (χ2v) is 10.1. The van der Waals surface area contributed by atoms with E-state index in [0.717, 1.165) is 34.4 Å². The van der Waals surface area contributed by atoms with Gasteiger partial charge < -0.3 is 5.32 Å². The Morgan fingerprint density at radius 3 is 2.74 bits per heavy atom. The molecule has 2 aromatic carbocycles. The van der Waals surface area contributed by atoms with Crippen molar-refractivity contribution in [1.29, 1.82) is 0 Å². The van der Waals surface area contributed by atoms with Gasteiger partial charge in [-0.1, -0.05) is 35.9 Å². The molecule has 1 aromatic heterocycles. The predicted octanol–water partition coefficient (Wildman–Crippen LogP) is 5.33. The molecule has 6 heteroatoms. The minimum absolute atomic E-state index is 0.150. The number of rotatable bonds is 4. The number of aryl methyl sites for hydroxylation is 2. The molecule has 3 aromatic rings. The molecule has 2 N–H and O–H groups in total. The third kappa shape index (κ3) is 3.61. The third-order valence-electron chi connectivity index (χ3n) is 6.31. The predicted molar refractivity (Wildman–Crippen MR) is 124 cm³/mol. The molecule has 5 nitrogen and oxygen atoms in total. The van der Waals surface area contributed by atoms with Crippen molar-refractivity contribution in [3.05, 3.63) is 95.3 Å². The molecule has 158 valence electrons. The Morgan fingerprint density at radius 1 is 1.10 bits per heavy atom. The van der Waals surface area contributed by atoms with Gasteiger partial charge in [0.1, 0.15) is 0 Å². The molecule has 2 heterocycles.